The zero-order chi connectivity index (χ0) is 25.0. The first-order chi connectivity index (χ1) is 15.3. The molecule has 10 heteroatoms. The van der Waals surface area contributed by atoms with E-state index >= 15 is 0 Å². The van der Waals surface area contributed by atoms with E-state index in [2.05, 4.69) is 4.98 Å². The van der Waals surface area contributed by atoms with Crippen LogP contribution in [0.1, 0.15) is 37.6 Å². The van der Waals surface area contributed by atoms with Crippen molar-refractivity contribution in [3.63, 3.8) is 0 Å². The third kappa shape index (κ3) is 6.05. The predicted molar refractivity (Wildman–Crippen MR) is 113 cm³/mol. The first-order valence-electron chi connectivity index (χ1n) is 10.2. The van der Waals surface area contributed by atoms with Crippen molar-refractivity contribution in [2.24, 2.45) is 11.7 Å². The second-order valence-corrected chi connectivity index (χ2v) is 8.21. The fraction of sp³-hybridized carbons (Fsp3) is 0.435. The van der Waals surface area contributed by atoms with E-state index in [0.29, 0.717) is 16.0 Å². The molecule has 0 spiro atoms. The van der Waals surface area contributed by atoms with Gasteiger partial charge in [0.25, 0.3) is 0 Å². The smallest absolute Gasteiger partial charge is 0.368 e. The number of primary amides is 1. The summed E-state index contributed by atoms with van der Waals surface area (Å²) in [5, 5.41) is 9.20. The van der Waals surface area contributed by atoms with Crippen molar-refractivity contribution < 1.29 is 26.7 Å². The highest BCUT2D eigenvalue weighted by molar-refractivity contribution is 5.80. The van der Waals surface area contributed by atoms with Crippen molar-refractivity contribution in [1.29, 1.82) is 5.26 Å². The van der Waals surface area contributed by atoms with E-state index in [1.807, 2.05) is 0 Å². The molecule has 0 saturated carbocycles. The number of hydrogen-bond donors (Lipinski definition) is 1. The minimum Gasteiger partial charge on any atom is -0.368 e. The number of aromatic nitrogens is 1. The molecule has 2 rings (SSSR count). The van der Waals surface area contributed by atoms with Crippen LogP contribution in [-0.4, -0.2) is 40.5 Å². The topological polar surface area (TPSA) is 83.0 Å². The molecule has 1 aromatic carbocycles. The van der Waals surface area contributed by atoms with Gasteiger partial charge >= 0.3 is 12.1 Å². The average Bonchev–Trinajstić information content (AvgIpc) is 2.71. The van der Waals surface area contributed by atoms with Gasteiger partial charge in [-0.15, -0.1) is 0 Å². The van der Waals surface area contributed by atoms with Crippen molar-refractivity contribution in [2.75, 3.05) is 6.54 Å². The number of benzene rings is 1. The molecule has 0 aliphatic rings. The van der Waals surface area contributed by atoms with Crippen molar-refractivity contribution in [2.45, 2.75) is 51.4 Å². The van der Waals surface area contributed by atoms with E-state index < -0.39 is 42.2 Å². The molecule has 1 amide bonds. The fourth-order valence-electron chi connectivity index (χ4n) is 3.59. The van der Waals surface area contributed by atoms with Crippen LogP contribution >= 0.6 is 0 Å². The molecule has 5 nitrogen and oxygen atoms in total. The SMILES string of the molecule is Cc1ccc(-c2ccc([C@H](N(CC#N)[C@@H](CC(C)C)C(N)=O)C(F)(F)C(F)(F)F)cc2)cn1. The Morgan fingerprint density at radius 1 is 1.09 bits per heavy atom. The summed E-state index contributed by atoms with van der Waals surface area (Å²) in [6.07, 6.45) is -4.46. The van der Waals surface area contributed by atoms with Crippen LogP contribution in [0.25, 0.3) is 11.1 Å². The van der Waals surface area contributed by atoms with Crippen molar-refractivity contribution >= 4 is 5.91 Å². The van der Waals surface area contributed by atoms with E-state index in [-0.39, 0.29) is 12.3 Å². The number of nitriles is 1. The lowest BCUT2D eigenvalue weighted by atomic mass is 9.92. The van der Waals surface area contributed by atoms with Gasteiger partial charge < -0.3 is 5.73 Å². The number of carbonyl (C=O) groups is 1. The molecule has 0 aliphatic carbocycles. The Balaban J connectivity index is 2.63. The Labute approximate surface area is 189 Å². The molecule has 1 aromatic heterocycles. The van der Waals surface area contributed by atoms with Gasteiger partial charge in [-0.1, -0.05) is 44.2 Å². The van der Waals surface area contributed by atoms with Gasteiger partial charge in [-0.3, -0.25) is 14.7 Å². The van der Waals surface area contributed by atoms with Gasteiger partial charge in [0.15, 0.2) is 0 Å². The van der Waals surface area contributed by atoms with Gasteiger partial charge in [0, 0.05) is 17.5 Å². The highest BCUT2D eigenvalue weighted by Gasteiger charge is 2.65. The van der Waals surface area contributed by atoms with E-state index in [0.717, 1.165) is 17.8 Å². The van der Waals surface area contributed by atoms with Crippen molar-refractivity contribution in [3.8, 4) is 17.2 Å². The lowest BCUT2D eigenvalue weighted by molar-refractivity contribution is -0.306. The molecule has 178 valence electrons. The van der Waals surface area contributed by atoms with E-state index in [1.165, 1.54) is 12.1 Å². The number of rotatable bonds is 9. The second kappa shape index (κ2) is 10.3. The van der Waals surface area contributed by atoms with Gasteiger partial charge in [0.05, 0.1) is 18.7 Å². The Morgan fingerprint density at radius 2 is 1.67 bits per heavy atom. The zero-order valence-corrected chi connectivity index (χ0v) is 18.4. The molecule has 2 aromatic rings. The molecule has 33 heavy (non-hydrogen) atoms. The van der Waals surface area contributed by atoms with E-state index in [4.69, 9.17) is 5.73 Å². The summed E-state index contributed by atoms with van der Waals surface area (Å²) in [5.74, 6) is -6.59. The predicted octanol–water partition coefficient (Wildman–Crippen LogP) is 5.02. The van der Waals surface area contributed by atoms with Gasteiger partial charge in [0.2, 0.25) is 5.91 Å². The maximum absolute atomic E-state index is 14.8. The molecule has 2 N–H and O–H groups in total. The molecular formula is C23H25F5N4O. The summed E-state index contributed by atoms with van der Waals surface area (Å²) in [6, 6.07) is 6.02. The summed E-state index contributed by atoms with van der Waals surface area (Å²) in [5.41, 5.74) is 6.94. The Bertz CT molecular complexity index is 982. The number of carbonyl (C=O) groups excluding carboxylic acids is 1. The number of amides is 1. The molecule has 0 fully saturated rings. The minimum absolute atomic E-state index is 0.0887. The summed E-state index contributed by atoms with van der Waals surface area (Å²) in [6.45, 7) is 4.27. The number of aryl methyl sites for hydroxylation is 1. The van der Waals surface area contributed by atoms with Crippen LogP contribution in [0.4, 0.5) is 22.0 Å². The first-order valence-corrected chi connectivity index (χ1v) is 10.2. The lowest BCUT2D eigenvalue weighted by Crippen LogP contribution is -2.56. The molecule has 0 radical (unpaired) electrons. The first kappa shape index (κ1) is 26.2. The molecule has 2 atom stereocenters. The Kier molecular flexibility index (Phi) is 8.14. The summed E-state index contributed by atoms with van der Waals surface area (Å²) < 4.78 is 70.2. The normalized spacial score (nSPS) is 14.2. The number of nitrogens with two attached hydrogens (primary N) is 1. The van der Waals surface area contributed by atoms with Crippen LogP contribution in [0.5, 0.6) is 0 Å². The Morgan fingerprint density at radius 3 is 2.09 bits per heavy atom. The quantitative estimate of drug-likeness (QED) is 0.414. The monoisotopic (exact) mass is 468 g/mol. The lowest BCUT2D eigenvalue weighted by Gasteiger charge is -2.40. The van der Waals surface area contributed by atoms with Crippen molar-refractivity contribution in [1.82, 2.24) is 9.88 Å². The van der Waals surface area contributed by atoms with Gasteiger partial charge in [-0.2, -0.15) is 27.2 Å². The van der Waals surface area contributed by atoms with Crippen LogP contribution in [0.3, 0.4) is 0 Å². The third-order valence-electron chi connectivity index (χ3n) is 5.20. The third-order valence-corrected chi connectivity index (χ3v) is 5.20. The number of pyridine rings is 1. The van der Waals surface area contributed by atoms with Crippen LogP contribution in [0, 0.1) is 24.2 Å². The van der Waals surface area contributed by atoms with Crippen LogP contribution in [0.2, 0.25) is 0 Å². The van der Waals surface area contributed by atoms with E-state index in [1.54, 1.807) is 45.2 Å². The van der Waals surface area contributed by atoms with E-state index in [9.17, 15) is 32.0 Å². The largest absolute Gasteiger partial charge is 0.455 e. The zero-order valence-electron chi connectivity index (χ0n) is 18.4. The van der Waals surface area contributed by atoms with Gasteiger partial charge in [-0.05, 0) is 36.5 Å². The number of hydrogen-bond acceptors (Lipinski definition) is 4. The summed E-state index contributed by atoms with van der Waals surface area (Å²) in [4.78, 5) is 16.8. The fourth-order valence-corrected chi connectivity index (χ4v) is 3.59. The van der Waals surface area contributed by atoms with Crippen LogP contribution in [0.15, 0.2) is 42.6 Å². The summed E-state index contributed by atoms with van der Waals surface area (Å²) >= 11 is 0. The molecule has 0 bridgehead atoms. The maximum atomic E-state index is 14.8. The molecular weight excluding hydrogens is 443 g/mol. The maximum Gasteiger partial charge on any atom is 0.455 e. The molecule has 0 aliphatic heterocycles. The standard InChI is InChI=1S/C23H25F5N4O/c1-14(2)12-19(21(30)33)32(11-10-29)20(22(24,25)23(26,27)28)17-8-6-16(7-9-17)18-5-4-15(3)31-13-18/h4-9,13-14,19-20H,11-12H2,1-3H3,(H2,30,33)/t19-,20-/m0/s1. The highest BCUT2D eigenvalue weighted by atomic mass is 19.4. The molecule has 1 heterocycles. The molecule has 0 saturated heterocycles. The number of nitrogens with zero attached hydrogens (tertiary/aromatic N) is 3. The second-order valence-electron chi connectivity index (χ2n) is 8.21. The van der Waals surface area contributed by atoms with Crippen LogP contribution in [-0.2, 0) is 4.79 Å². The summed E-state index contributed by atoms with van der Waals surface area (Å²) in [7, 11) is 0. The number of halogens is 5. The average molecular weight is 468 g/mol. The Hall–Kier alpha value is -3.06. The van der Waals surface area contributed by atoms with Crippen molar-refractivity contribution in [3.05, 3.63) is 53.9 Å². The molecule has 0 unspecified atom stereocenters. The van der Waals surface area contributed by atoms with Gasteiger partial charge in [0.1, 0.15) is 6.04 Å². The number of alkyl halides is 5. The minimum atomic E-state index is -5.93. The van der Waals surface area contributed by atoms with Crippen LogP contribution < -0.4 is 5.73 Å². The van der Waals surface area contributed by atoms with Gasteiger partial charge in [-0.25, -0.2) is 0 Å². The highest BCUT2D eigenvalue weighted by Crippen LogP contribution is 2.48.